The van der Waals surface area contributed by atoms with Crippen LogP contribution in [0.5, 0.6) is 0 Å². The fourth-order valence-corrected chi connectivity index (χ4v) is 7.86. The summed E-state index contributed by atoms with van der Waals surface area (Å²) < 4.78 is 11.2. The van der Waals surface area contributed by atoms with E-state index in [2.05, 4.69) is 19.9 Å². The molecule has 0 aromatic heterocycles. The van der Waals surface area contributed by atoms with Gasteiger partial charge in [-0.05, 0) is 68.1 Å². The van der Waals surface area contributed by atoms with Gasteiger partial charge in [-0.1, -0.05) is 25.5 Å². The maximum Gasteiger partial charge on any atom is 0.187 e. The molecule has 0 aromatic carbocycles. The van der Waals surface area contributed by atoms with E-state index in [-0.39, 0.29) is 16.9 Å². The minimum atomic E-state index is -1.78. The second-order valence-electron chi connectivity index (χ2n) is 11.4. The molecule has 33 heavy (non-hydrogen) atoms. The standard InChI is InChI=1S/C25H36O8/c1-24-9-7-13(32-23-20(29)18(27)19(28)21(33-23)22(30)31)11-12(24)3-4-14-15-5-6-17(26)25(15,2)10-8-16(14)24/h3,13-16,18-21,23,27-29H,4-11H2,1-2H3,(H,30,31)/p-1/t13-,14-,15-,16-,18-,19-,20+,21-,23+,24-,25-/m0/s1. The van der Waals surface area contributed by atoms with Crippen molar-refractivity contribution in [3.63, 3.8) is 0 Å². The number of aliphatic hydroxyl groups is 3. The van der Waals surface area contributed by atoms with Crippen molar-refractivity contribution in [3.05, 3.63) is 11.6 Å². The number of hydrogen-bond acceptors (Lipinski definition) is 8. The van der Waals surface area contributed by atoms with Gasteiger partial charge in [0, 0.05) is 11.8 Å². The Balaban J connectivity index is 1.30. The number of aliphatic carboxylic acids is 1. The van der Waals surface area contributed by atoms with Crippen molar-refractivity contribution in [2.24, 2.45) is 28.6 Å². The van der Waals surface area contributed by atoms with E-state index in [9.17, 15) is 30.0 Å². The Hall–Kier alpha value is -1.32. The van der Waals surface area contributed by atoms with Crippen LogP contribution in [0.3, 0.4) is 0 Å². The third-order valence-corrected chi connectivity index (χ3v) is 9.90. The van der Waals surface area contributed by atoms with Crippen LogP contribution in [-0.4, -0.2) is 63.9 Å². The van der Waals surface area contributed by atoms with Crippen LogP contribution < -0.4 is 5.11 Å². The number of allylic oxidation sites excluding steroid dienone is 1. The van der Waals surface area contributed by atoms with Crippen LogP contribution >= 0.6 is 0 Å². The molecule has 0 aromatic rings. The molecule has 0 radical (unpaired) electrons. The Morgan fingerprint density at radius 2 is 1.76 bits per heavy atom. The molecular formula is C25H35O8-. The highest BCUT2D eigenvalue weighted by Gasteiger charge is 2.59. The minimum absolute atomic E-state index is 0.0466. The van der Waals surface area contributed by atoms with Crippen molar-refractivity contribution in [3.8, 4) is 0 Å². The number of carbonyl (C=O) groups is 2. The summed E-state index contributed by atoms with van der Waals surface area (Å²) in [4.78, 5) is 23.9. The van der Waals surface area contributed by atoms with E-state index in [4.69, 9.17) is 9.47 Å². The molecule has 4 fully saturated rings. The third kappa shape index (κ3) is 3.52. The van der Waals surface area contributed by atoms with E-state index in [1.165, 1.54) is 5.57 Å². The Labute approximate surface area is 194 Å². The maximum atomic E-state index is 12.6. The van der Waals surface area contributed by atoms with Crippen molar-refractivity contribution in [1.29, 1.82) is 0 Å². The highest BCUT2D eigenvalue weighted by molar-refractivity contribution is 5.87. The molecule has 0 spiro atoms. The number of fused-ring (bicyclic) bond motifs is 5. The van der Waals surface area contributed by atoms with E-state index in [1.54, 1.807) is 0 Å². The highest BCUT2D eigenvalue weighted by atomic mass is 16.7. The van der Waals surface area contributed by atoms with Gasteiger partial charge in [-0.2, -0.15) is 0 Å². The lowest BCUT2D eigenvalue weighted by Crippen LogP contribution is -2.63. The van der Waals surface area contributed by atoms with Gasteiger partial charge in [0.25, 0.3) is 0 Å². The van der Waals surface area contributed by atoms with E-state index in [1.807, 2.05) is 0 Å². The predicted molar refractivity (Wildman–Crippen MR) is 113 cm³/mol. The molecule has 4 aliphatic carbocycles. The van der Waals surface area contributed by atoms with Gasteiger partial charge < -0.3 is 34.7 Å². The molecule has 8 nitrogen and oxygen atoms in total. The van der Waals surface area contributed by atoms with Crippen molar-refractivity contribution in [2.75, 3.05) is 0 Å². The lowest BCUT2D eigenvalue weighted by Gasteiger charge is -2.57. The van der Waals surface area contributed by atoms with Crippen LogP contribution in [0, 0.1) is 28.6 Å². The lowest BCUT2D eigenvalue weighted by molar-refractivity contribution is -0.353. The topological polar surface area (TPSA) is 136 Å². The third-order valence-electron chi connectivity index (χ3n) is 9.90. The van der Waals surface area contributed by atoms with Gasteiger partial charge in [0.1, 0.15) is 30.2 Å². The highest BCUT2D eigenvalue weighted by Crippen LogP contribution is 2.64. The Morgan fingerprint density at radius 1 is 1.06 bits per heavy atom. The van der Waals surface area contributed by atoms with Gasteiger partial charge in [0.2, 0.25) is 0 Å². The van der Waals surface area contributed by atoms with Crippen molar-refractivity contribution < 1.29 is 39.5 Å². The van der Waals surface area contributed by atoms with E-state index < -0.39 is 36.7 Å². The number of carboxylic acids is 1. The zero-order valence-corrected chi connectivity index (χ0v) is 19.3. The summed E-state index contributed by atoms with van der Waals surface area (Å²) in [5.74, 6) is 0.321. The number of hydrogen-bond donors (Lipinski definition) is 3. The van der Waals surface area contributed by atoms with Crippen LogP contribution in [-0.2, 0) is 19.1 Å². The molecule has 0 amide bonds. The molecule has 3 N–H and O–H groups in total. The Kier molecular flexibility index (Phi) is 5.77. The summed E-state index contributed by atoms with van der Waals surface area (Å²) in [6, 6.07) is 0. The average Bonchev–Trinajstić information content (AvgIpc) is 3.08. The van der Waals surface area contributed by atoms with Gasteiger partial charge in [-0.15, -0.1) is 0 Å². The number of Topliss-reactive ketones (excluding diaryl/α,β-unsaturated/α-hetero) is 1. The van der Waals surface area contributed by atoms with E-state index in [0.29, 0.717) is 36.4 Å². The summed E-state index contributed by atoms with van der Waals surface area (Å²) in [5.41, 5.74) is 1.22. The van der Waals surface area contributed by atoms with Crippen molar-refractivity contribution >= 4 is 11.8 Å². The molecule has 8 heteroatoms. The zero-order valence-electron chi connectivity index (χ0n) is 19.3. The quantitative estimate of drug-likeness (QED) is 0.514. The number of carboxylic acid groups (broad SMARTS) is 1. The summed E-state index contributed by atoms with van der Waals surface area (Å²) >= 11 is 0. The Bertz CT molecular complexity index is 855. The molecule has 5 aliphatic rings. The minimum Gasteiger partial charge on any atom is -0.547 e. The first-order chi connectivity index (χ1) is 15.6. The fourth-order valence-electron chi connectivity index (χ4n) is 7.86. The molecule has 0 bridgehead atoms. The van der Waals surface area contributed by atoms with Crippen molar-refractivity contribution in [1.82, 2.24) is 0 Å². The molecule has 1 heterocycles. The summed E-state index contributed by atoms with van der Waals surface area (Å²) in [6.07, 6.45) is 0.896. The molecule has 11 atom stereocenters. The average molecular weight is 464 g/mol. The largest absolute Gasteiger partial charge is 0.547 e. The first-order valence-corrected chi connectivity index (χ1v) is 12.3. The summed E-state index contributed by atoms with van der Waals surface area (Å²) in [7, 11) is 0. The molecule has 1 saturated heterocycles. The lowest BCUT2D eigenvalue weighted by atomic mass is 9.48. The normalized spacial score (nSPS) is 51.8. The van der Waals surface area contributed by atoms with Gasteiger partial charge in [0.05, 0.1) is 12.1 Å². The number of rotatable bonds is 3. The van der Waals surface area contributed by atoms with Crippen LogP contribution in [0.2, 0.25) is 0 Å². The molecule has 3 saturated carbocycles. The van der Waals surface area contributed by atoms with Crippen molar-refractivity contribution in [2.45, 2.75) is 102 Å². The molecule has 184 valence electrons. The number of carbonyl (C=O) groups excluding carboxylic acids is 2. The van der Waals surface area contributed by atoms with Crippen LogP contribution in [0.4, 0.5) is 0 Å². The number of aliphatic hydroxyl groups excluding tert-OH is 3. The van der Waals surface area contributed by atoms with Gasteiger partial charge >= 0.3 is 0 Å². The van der Waals surface area contributed by atoms with E-state index in [0.717, 1.165) is 38.5 Å². The van der Waals surface area contributed by atoms with E-state index >= 15 is 0 Å². The molecule has 5 rings (SSSR count). The van der Waals surface area contributed by atoms with Crippen LogP contribution in [0.15, 0.2) is 11.6 Å². The monoisotopic (exact) mass is 463 g/mol. The first kappa shape index (κ1) is 23.4. The number of ether oxygens (including phenoxy) is 2. The summed E-state index contributed by atoms with van der Waals surface area (Å²) in [5, 5.41) is 41.5. The van der Waals surface area contributed by atoms with Gasteiger partial charge in [0.15, 0.2) is 6.29 Å². The number of ketones is 1. The predicted octanol–water partition coefficient (Wildman–Crippen LogP) is 0.461. The smallest absolute Gasteiger partial charge is 0.187 e. The van der Waals surface area contributed by atoms with Crippen LogP contribution in [0.25, 0.3) is 0 Å². The fraction of sp³-hybridized carbons (Fsp3) is 0.840. The van der Waals surface area contributed by atoms with Gasteiger partial charge in [-0.3, -0.25) is 4.79 Å². The second kappa shape index (κ2) is 8.12. The zero-order chi connectivity index (χ0) is 23.7. The SMILES string of the molecule is C[C@]12CC[C@H](O[C@@H]3O[C@H](C(=O)[O-])[C@@H](O)[C@H](O)[C@H]3O)CC1=CC[C@@H]1[C@@H]2CC[C@]2(C)C(=O)CC[C@@H]12. The first-order valence-electron chi connectivity index (χ1n) is 12.3. The molecular weight excluding hydrogens is 428 g/mol. The Morgan fingerprint density at radius 3 is 2.48 bits per heavy atom. The second-order valence-corrected chi connectivity index (χ2v) is 11.4. The maximum absolute atomic E-state index is 12.6. The molecule has 0 unspecified atom stereocenters. The van der Waals surface area contributed by atoms with Crippen LogP contribution in [0.1, 0.15) is 65.2 Å². The summed E-state index contributed by atoms with van der Waals surface area (Å²) in [6.45, 7) is 4.51. The van der Waals surface area contributed by atoms with Gasteiger partial charge in [-0.25, -0.2) is 0 Å². The molecule has 1 aliphatic heterocycles.